The summed E-state index contributed by atoms with van der Waals surface area (Å²) in [6, 6.07) is 0. The molecule has 0 saturated carbocycles. The van der Waals surface area contributed by atoms with Gasteiger partial charge in [0.1, 0.15) is 19.8 Å². The molecule has 0 bridgehead atoms. The fourth-order valence-corrected chi connectivity index (χ4v) is 9.33. The number of hydrogen-bond donors (Lipinski definition) is 0. The van der Waals surface area contributed by atoms with E-state index in [1.165, 1.54) is 167 Å². The van der Waals surface area contributed by atoms with Crippen LogP contribution >= 0.6 is 7.82 Å². The fraction of sp³-hybridized carbons (Fsp3) is 0.758. The molecule has 0 saturated heterocycles. The third-order valence-electron chi connectivity index (χ3n) is 13.4. The summed E-state index contributed by atoms with van der Waals surface area (Å²) in [5.74, 6) is -0.880. The molecule has 0 fully saturated rings. The van der Waals surface area contributed by atoms with Crippen molar-refractivity contribution in [2.24, 2.45) is 0 Å². The molecule has 440 valence electrons. The van der Waals surface area contributed by atoms with E-state index in [0.29, 0.717) is 17.4 Å². The number of nitrogens with zero attached hydrogens (tertiary/aromatic N) is 1. The molecule has 0 heterocycles. The van der Waals surface area contributed by atoms with Crippen LogP contribution in [0.2, 0.25) is 0 Å². The number of unbranched alkanes of at least 4 members (excludes halogenated alkanes) is 29. The second-order valence-corrected chi connectivity index (χ2v) is 23.4. The molecule has 2 atom stereocenters. The smallest absolute Gasteiger partial charge is 0.306 e. The number of hydrogen-bond acceptors (Lipinski definition) is 8. The minimum atomic E-state index is -4.65. The molecule has 0 radical (unpaired) electrons. The van der Waals surface area contributed by atoms with Gasteiger partial charge < -0.3 is 27.9 Å². The highest BCUT2D eigenvalue weighted by atomic mass is 31.2. The quantitative estimate of drug-likeness (QED) is 0.0195. The molecule has 76 heavy (non-hydrogen) atoms. The number of allylic oxidation sites excluding steroid dienone is 14. The van der Waals surface area contributed by atoms with E-state index in [0.717, 1.165) is 70.6 Å². The van der Waals surface area contributed by atoms with E-state index in [1.807, 2.05) is 21.1 Å². The van der Waals surface area contributed by atoms with E-state index in [-0.39, 0.29) is 26.1 Å². The fourth-order valence-electron chi connectivity index (χ4n) is 8.60. The van der Waals surface area contributed by atoms with Crippen LogP contribution in [-0.2, 0) is 32.7 Å². The lowest BCUT2D eigenvalue weighted by molar-refractivity contribution is -0.870. The van der Waals surface area contributed by atoms with E-state index in [9.17, 15) is 19.0 Å². The molecular weight excluding hydrogens is 966 g/mol. The van der Waals surface area contributed by atoms with Crippen LogP contribution in [0.5, 0.6) is 0 Å². The highest BCUT2D eigenvalue weighted by molar-refractivity contribution is 7.45. The van der Waals surface area contributed by atoms with Crippen LogP contribution in [0, 0.1) is 0 Å². The summed E-state index contributed by atoms with van der Waals surface area (Å²) in [6.45, 7) is 4.09. The first-order valence-corrected chi connectivity index (χ1v) is 32.8. The summed E-state index contributed by atoms with van der Waals surface area (Å²) >= 11 is 0. The molecule has 10 heteroatoms. The number of carbonyl (C=O) groups is 2. The minimum Gasteiger partial charge on any atom is -0.756 e. The first-order valence-electron chi connectivity index (χ1n) is 31.3. The van der Waals surface area contributed by atoms with Crippen LogP contribution in [0.1, 0.15) is 271 Å². The Labute approximate surface area is 469 Å². The second kappa shape index (κ2) is 56.9. The molecule has 0 N–H and O–H groups in total. The Kier molecular flexibility index (Phi) is 54.8. The van der Waals surface area contributed by atoms with Gasteiger partial charge in [0, 0.05) is 12.8 Å². The van der Waals surface area contributed by atoms with Gasteiger partial charge in [-0.05, 0) is 89.9 Å². The average Bonchev–Trinajstić information content (AvgIpc) is 3.38. The maximum Gasteiger partial charge on any atom is 0.306 e. The zero-order valence-electron chi connectivity index (χ0n) is 49.9. The summed E-state index contributed by atoms with van der Waals surface area (Å²) in [5, 5.41) is 0. The molecule has 0 aromatic carbocycles. The van der Waals surface area contributed by atoms with Crippen molar-refractivity contribution in [1.82, 2.24) is 0 Å². The van der Waals surface area contributed by atoms with Crippen molar-refractivity contribution in [2.45, 2.75) is 277 Å². The van der Waals surface area contributed by atoms with Crippen molar-refractivity contribution >= 4 is 19.8 Å². The lowest BCUT2D eigenvalue weighted by atomic mass is 10.0. The standard InChI is InChI=1S/C66H118NO8P/c1-6-8-10-12-14-16-18-20-22-24-26-28-29-30-31-32-33-34-35-36-37-39-40-42-44-46-48-50-52-54-56-58-65(68)72-62-64(63-74-76(70,71)73-61-60-67(3,4)5)75-66(69)59-57-55-53-51-49-47-45-43-41-38-27-25-23-21-19-17-15-13-11-9-7-2/h9,11,15,17,21,23-24,26-27,38,43,45,49,51,64H,6-8,10,12-14,16,18-20,22,25,28-37,39-42,44,46-48,50,52-63H2,1-5H3/b11-9-,17-15-,23-21-,26-24-,38-27-,45-43-,51-49-. The first-order chi connectivity index (χ1) is 37.0. The monoisotopic (exact) mass is 1080 g/mol. The van der Waals surface area contributed by atoms with Crippen LogP contribution in [0.3, 0.4) is 0 Å². The zero-order valence-corrected chi connectivity index (χ0v) is 50.8. The third-order valence-corrected chi connectivity index (χ3v) is 14.4. The third kappa shape index (κ3) is 60.4. The van der Waals surface area contributed by atoms with Crippen LogP contribution < -0.4 is 4.89 Å². The maximum absolute atomic E-state index is 12.8. The predicted molar refractivity (Wildman–Crippen MR) is 323 cm³/mol. The zero-order chi connectivity index (χ0) is 55.6. The molecule has 0 amide bonds. The second-order valence-electron chi connectivity index (χ2n) is 22.0. The van der Waals surface area contributed by atoms with E-state index >= 15 is 0 Å². The van der Waals surface area contributed by atoms with Crippen molar-refractivity contribution in [3.05, 3.63) is 85.1 Å². The van der Waals surface area contributed by atoms with Crippen LogP contribution in [0.4, 0.5) is 0 Å². The van der Waals surface area contributed by atoms with E-state index in [2.05, 4.69) is 98.9 Å². The van der Waals surface area contributed by atoms with Gasteiger partial charge in [-0.1, -0.05) is 253 Å². The van der Waals surface area contributed by atoms with E-state index < -0.39 is 32.5 Å². The Balaban J connectivity index is 4.12. The number of carbonyl (C=O) groups excluding carboxylic acids is 2. The van der Waals surface area contributed by atoms with Gasteiger partial charge in [0.05, 0.1) is 27.7 Å². The molecule has 0 aliphatic rings. The van der Waals surface area contributed by atoms with E-state index in [1.54, 1.807) is 0 Å². The SMILES string of the molecule is CC/C=C\C/C=C\C/C=C\C/C=C\C/C=C\C/C=C\CCCCC(=O)OC(COC(=O)CCCCCCCCCCCCCCCCCCCCC/C=C\CCCCCCCCCC)COP(=O)([O-])OCC[N+](C)(C)C. The van der Waals surface area contributed by atoms with Gasteiger partial charge in [-0.2, -0.15) is 0 Å². The van der Waals surface area contributed by atoms with Gasteiger partial charge in [-0.25, -0.2) is 0 Å². The van der Waals surface area contributed by atoms with Gasteiger partial charge >= 0.3 is 11.9 Å². The Morgan fingerprint density at radius 1 is 0.421 bits per heavy atom. The molecule has 2 unspecified atom stereocenters. The number of phosphoric acid groups is 1. The molecule has 0 spiro atoms. The minimum absolute atomic E-state index is 0.0425. The van der Waals surface area contributed by atoms with Crippen molar-refractivity contribution in [3.8, 4) is 0 Å². The van der Waals surface area contributed by atoms with E-state index in [4.69, 9.17) is 18.5 Å². The molecule has 0 aliphatic heterocycles. The van der Waals surface area contributed by atoms with Crippen LogP contribution in [0.25, 0.3) is 0 Å². The van der Waals surface area contributed by atoms with Gasteiger partial charge in [-0.3, -0.25) is 14.2 Å². The van der Waals surface area contributed by atoms with Gasteiger partial charge in [-0.15, -0.1) is 0 Å². The molecule has 0 aromatic rings. The average molecular weight is 1080 g/mol. The number of ether oxygens (including phenoxy) is 2. The number of likely N-dealkylation sites (N-methyl/N-ethyl adjacent to an activating group) is 1. The van der Waals surface area contributed by atoms with Gasteiger partial charge in [0.15, 0.2) is 6.10 Å². The highest BCUT2D eigenvalue weighted by Gasteiger charge is 2.22. The Hall–Kier alpha value is -2.81. The summed E-state index contributed by atoms with van der Waals surface area (Å²) < 4.78 is 34.1. The van der Waals surface area contributed by atoms with Crippen LogP contribution in [0.15, 0.2) is 85.1 Å². The van der Waals surface area contributed by atoms with Crippen molar-refractivity contribution in [3.63, 3.8) is 0 Å². The Bertz CT molecular complexity index is 1560. The highest BCUT2D eigenvalue weighted by Crippen LogP contribution is 2.38. The largest absolute Gasteiger partial charge is 0.756 e. The summed E-state index contributed by atoms with van der Waals surface area (Å²) in [5.41, 5.74) is 0. The molecule has 9 nitrogen and oxygen atoms in total. The Morgan fingerprint density at radius 2 is 0.750 bits per heavy atom. The van der Waals surface area contributed by atoms with Gasteiger partial charge in [0.25, 0.3) is 7.82 Å². The summed E-state index contributed by atoms with van der Waals surface area (Å²) in [4.78, 5) is 37.9. The predicted octanol–water partition coefficient (Wildman–Crippen LogP) is 19.2. The molecule has 0 aromatic heterocycles. The van der Waals surface area contributed by atoms with Crippen molar-refractivity contribution in [1.29, 1.82) is 0 Å². The van der Waals surface area contributed by atoms with Crippen molar-refractivity contribution < 1.29 is 42.1 Å². The first kappa shape index (κ1) is 73.2. The number of quaternary nitrogens is 1. The number of esters is 2. The van der Waals surface area contributed by atoms with Crippen LogP contribution in [-0.4, -0.2) is 70.0 Å². The van der Waals surface area contributed by atoms with Gasteiger partial charge in [0.2, 0.25) is 0 Å². The number of rotatable bonds is 57. The maximum atomic E-state index is 12.8. The lowest BCUT2D eigenvalue weighted by Crippen LogP contribution is -2.37. The lowest BCUT2D eigenvalue weighted by Gasteiger charge is -2.28. The normalized spacial score (nSPS) is 13.8. The summed E-state index contributed by atoms with van der Waals surface area (Å²) in [7, 11) is 1.13. The number of phosphoric ester groups is 1. The van der Waals surface area contributed by atoms with Crippen molar-refractivity contribution in [2.75, 3.05) is 47.5 Å². The topological polar surface area (TPSA) is 111 Å². The molecule has 0 rings (SSSR count). The summed E-state index contributed by atoms with van der Waals surface area (Å²) in [6.07, 6.45) is 76.6. The molecule has 0 aliphatic carbocycles. The molecular formula is C66H118NO8P. The Morgan fingerprint density at radius 3 is 1.16 bits per heavy atom.